The maximum absolute atomic E-state index is 13.9. The van der Waals surface area contributed by atoms with Gasteiger partial charge in [-0.15, -0.1) is 11.8 Å². The van der Waals surface area contributed by atoms with Crippen molar-refractivity contribution in [3.05, 3.63) is 23.8 Å². The third-order valence-corrected chi connectivity index (χ3v) is 4.41. The molecule has 2 atom stereocenters. The Morgan fingerprint density at radius 1 is 1.21 bits per heavy atom. The van der Waals surface area contributed by atoms with Crippen molar-refractivity contribution in [2.45, 2.75) is 63.2 Å². The number of amides is 1. The fourth-order valence-corrected chi connectivity index (χ4v) is 2.66. The van der Waals surface area contributed by atoms with Crippen LogP contribution in [0.5, 0.6) is 0 Å². The van der Waals surface area contributed by atoms with Gasteiger partial charge in [-0.05, 0) is 32.8 Å². The quantitative estimate of drug-likeness (QED) is 0.547. The van der Waals surface area contributed by atoms with Gasteiger partial charge < -0.3 is 10.1 Å². The average molecular weight is 359 g/mol. The third kappa shape index (κ3) is 6.11. The number of hydrogen-bond acceptors (Lipinski definition) is 4. The van der Waals surface area contributed by atoms with E-state index in [0.717, 1.165) is 11.8 Å². The molecule has 0 radical (unpaired) electrons. The maximum atomic E-state index is 13.9. The first-order valence-corrected chi connectivity index (χ1v) is 8.82. The Morgan fingerprint density at radius 3 is 2.46 bits per heavy atom. The first-order chi connectivity index (χ1) is 11.3. The van der Waals surface area contributed by atoms with Crippen molar-refractivity contribution >= 4 is 29.3 Å². The molecular weight excluding hydrogens is 336 g/mol. The van der Waals surface area contributed by atoms with Gasteiger partial charge in [0.2, 0.25) is 5.91 Å². The van der Waals surface area contributed by atoms with E-state index in [1.54, 1.807) is 13.8 Å². The van der Waals surface area contributed by atoms with Crippen LogP contribution in [0.1, 0.15) is 47.0 Å². The van der Waals surface area contributed by atoms with Gasteiger partial charge in [-0.1, -0.05) is 13.8 Å². The number of benzene rings is 1. The first-order valence-electron chi connectivity index (χ1n) is 7.94. The van der Waals surface area contributed by atoms with Crippen LogP contribution < -0.4 is 5.32 Å². The molecule has 1 aromatic rings. The summed E-state index contributed by atoms with van der Waals surface area (Å²) in [4.78, 5) is 23.6. The number of anilines is 1. The summed E-state index contributed by atoms with van der Waals surface area (Å²) in [5.41, 5.74) is -0.0974. The summed E-state index contributed by atoms with van der Waals surface area (Å²) in [6.45, 7) is 7.08. The van der Waals surface area contributed by atoms with E-state index < -0.39 is 22.9 Å². The predicted molar refractivity (Wildman–Crippen MR) is 91.1 cm³/mol. The van der Waals surface area contributed by atoms with E-state index in [1.165, 1.54) is 6.07 Å². The second kappa shape index (κ2) is 9.61. The summed E-state index contributed by atoms with van der Waals surface area (Å²) in [5, 5.41) is 1.76. The van der Waals surface area contributed by atoms with Crippen molar-refractivity contribution < 1.29 is 23.1 Å². The SMILES string of the molecule is CCCC(=O)Nc1cc(SC(C)C(=O)OC(C)CC)c(F)cc1F. The fraction of sp³-hybridized carbons (Fsp3) is 0.529. The number of esters is 1. The minimum atomic E-state index is -0.851. The highest BCUT2D eigenvalue weighted by molar-refractivity contribution is 8.00. The Kier molecular flexibility index (Phi) is 8.18. The van der Waals surface area contributed by atoms with Crippen molar-refractivity contribution in [3.8, 4) is 0 Å². The fourth-order valence-electron chi connectivity index (χ4n) is 1.77. The standard InChI is InChI=1S/C17H23F2NO3S/c1-5-7-16(21)20-14-9-15(13(19)8-12(14)18)24-11(4)17(22)23-10(3)6-2/h8-11H,5-7H2,1-4H3,(H,20,21). The zero-order valence-corrected chi connectivity index (χ0v) is 15.1. The van der Waals surface area contributed by atoms with E-state index >= 15 is 0 Å². The lowest BCUT2D eigenvalue weighted by Crippen LogP contribution is -2.22. The van der Waals surface area contributed by atoms with Gasteiger partial charge in [0.25, 0.3) is 0 Å². The Bertz CT molecular complexity index is 595. The molecule has 0 saturated heterocycles. The van der Waals surface area contributed by atoms with Gasteiger partial charge in [0, 0.05) is 17.4 Å². The number of thioether (sulfide) groups is 1. The molecule has 1 amide bonds. The largest absolute Gasteiger partial charge is 0.462 e. The lowest BCUT2D eigenvalue weighted by atomic mass is 10.2. The molecule has 0 fully saturated rings. The minimum absolute atomic E-state index is 0.0804. The summed E-state index contributed by atoms with van der Waals surface area (Å²) < 4.78 is 32.9. The summed E-state index contributed by atoms with van der Waals surface area (Å²) >= 11 is 0.927. The third-order valence-electron chi connectivity index (χ3n) is 3.30. The average Bonchev–Trinajstić information content (AvgIpc) is 2.51. The number of halogens is 2. The molecule has 7 heteroatoms. The van der Waals surface area contributed by atoms with E-state index in [2.05, 4.69) is 5.32 Å². The lowest BCUT2D eigenvalue weighted by Gasteiger charge is -2.16. The highest BCUT2D eigenvalue weighted by atomic mass is 32.2. The van der Waals surface area contributed by atoms with Gasteiger partial charge >= 0.3 is 5.97 Å². The molecule has 2 unspecified atom stereocenters. The molecule has 0 saturated carbocycles. The van der Waals surface area contributed by atoms with E-state index in [0.29, 0.717) is 18.9 Å². The molecule has 0 aliphatic rings. The number of ether oxygens (including phenoxy) is 1. The number of rotatable bonds is 8. The molecule has 0 spiro atoms. The highest BCUT2D eigenvalue weighted by Crippen LogP contribution is 2.31. The van der Waals surface area contributed by atoms with E-state index in [9.17, 15) is 18.4 Å². The predicted octanol–water partition coefficient (Wildman–Crippen LogP) is 4.53. The van der Waals surface area contributed by atoms with Gasteiger partial charge in [0.15, 0.2) is 0 Å². The topological polar surface area (TPSA) is 55.4 Å². The van der Waals surface area contributed by atoms with Gasteiger partial charge in [0.1, 0.15) is 16.9 Å². The molecule has 1 aromatic carbocycles. The van der Waals surface area contributed by atoms with Crippen molar-refractivity contribution in [3.63, 3.8) is 0 Å². The summed E-state index contributed by atoms with van der Waals surface area (Å²) in [5.74, 6) is -2.44. The van der Waals surface area contributed by atoms with Gasteiger partial charge in [-0.3, -0.25) is 9.59 Å². The highest BCUT2D eigenvalue weighted by Gasteiger charge is 2.21. The van der Waals surface area contributed by atoms with Gasteiger partial charge in [-0.2, -0.15) is 0 Å². The molecule has 0 bridgehead atoms. The molecule has 24 heavy (non-hydrogen) atoms. The van der Waals surface area contributed by atoms with Crippen molar-refractivity contribution in [1.82, 2.24) is 0 Å². The van der Waals surface area contributed by atoms with Crippen molar-refractivity contribution in [2.75, 3.05) is 5.32 Å². The van der Waals surface area contributed by atoms with Crippen LogP contribution in [-0.4, -0.2) is 23.2 Å². The van der Waals surface area contributed by atoms with Crippen LogP contribution in [0.3, 0.4) is 0 Å². The maximum Gasteiger partial charge on any atom is 0.319 e. The lowest BCUT2D eigenvalue weighted by molar-refractivity contribution is -0.147. The number of carbonyl (C=O) groups is 2. The molecular formula is C17H23F2NO3S. The molecule has 0 aliphatic carbocycles. The summed E-state index contributed by atoms with van der Waals surface area (Å²) in [6.07, 6.45) is 1.33. The molecule has 0 aliphatic heterocycles. The zero-order valence-electron chi connectivity index (χ0n) is 14.3. The number of nitrogens with one attached hydrogen (secondary N) is 1. The Hall–Kier alpha value is -1.63. The minimum Gasteiger partial charge on any atom is -0.462 e. The van der Waals surface area contributed by atoms with E-state index in [1.807, 2.05) is 13.8 Å². The van der Waals surface area contributed by atoms with E-state index in [4.69, 9.17) is 4.74 Å². The van der Waals surface area contributed by atoms with Crippen LogP contribution in [0.25, 0.3) is 0 Å². The van der Waals surface area contributed by atoms with Crippen LogP contribution in [0.4, 0.5) is 14.5 Å². The monoisotopic (exact) mass is 359 g/mol. The van der Waals surface area contributed by atoms with Crippen molar-refractivity contribution in [1.29, 1.82) is 0 Å². The second-order valence-electron chi connectivity index (χ2n) is 5.48. The molecule has 1 rings (SSSR count). The van der Waals surface area contributed by atoms with Crippen molar-refractivity contribution in [2.24, 2.45) is 0 Å². The van der Waals surface area contributed by atoms with E-state index in [-0.39, 0.29) is 29.0 Å². The molecule has 4 nitrogen and oxygen atoms in total. The first kappa shape index (κ1) is 20.4. The summed E-state index contributed by atoms with van der Waals surface area (Å²) in [6, 6.07) is 1.91. The van der Waals surface area contributed by atoms with Gasteiger partial charge in [0.05, 0.1) is 11.8 Å². The molecule has 1 N–H and O–H groups in total. The van der Waals surface area contributed by atoms with Crippen LogP contribution >= 0.6 is 11.8 Å². The van der Waals surface area contributed by atoms with Crippen LogP contribution in [-0.2, 0) is 14.3 Å². The van der Waals surface area contributed by atoms with Gasteiger partial charge in [-0.25, -0.2) is 8.78 Å². The smallest absolute Gasteiger partial charge is 0.319 e. The Morgan fingerprint density at radius 2 is 1.88 bits per heavy atom. The molecule has 0 aromatic heterocycles. The zero-order chi connectivity index (χ0) is 18.3. The molecule has 134 valence electrons. The second-order valence-corrected chi connectivity index (χ2v) is 6.86. The Balaban J connectivity index is 2.87. The number of carbonyl (C=O) groups excluding carboxylic acids is 2. The summed E-state index contributed by atoms with van der Waals surface area (Å²) in [7, 11) is 0. The number of hydrogen-bond donors (Lipinski definition) is 1. The normalized spacial score (nSPS) is 13.2. The van der Waals surface area contributed by atoms with Crippen LogP contribution in [0, 0.1) is 11.6 Å². The van der Waals surface area contributed by atoms with Crippen LogP contribution in [0.2, 0.25) is 0 Å². The molecule has 0 heterocycles. The Labute approximate surface area is 145 Å². The van der Waals surface area contributed by atoms with Crippen LogP contribution in [0.15, 0.2) is 17.0 Å².